The molecule has 1 aromatic heterocycles. The lowest BCUT2D eigenvalue weighted by atomic mass is 10.1. The summed E-state index contributed by atoms with van der Waals surface area (Å²) in [6.45, 7) is 7.83. The number of benzene rings is 1. The molecule has 21 heavy (non-hydrogen) atoms. The van der Waals surface area contributed by atoms with E-state index in [2.05, 4.69) is 65.6 Å². The van der Waals surface area contributed by atoms with Gasteiger partial charge in [0.1, 0.15) is 18.9 Å². The summed E-state index contributed by atoms with van der Waals surface area (Å²) < 4.78 is 37.2. The summed E-state index contributed by atoms with van der Waals surface area (Å²) in [6.07, 6.45) is 8.19. The summed E-state index contributed by atoms with van der Waals surface area (Å²) in [5.74, 6) is 0. The quantitative estimate of drug-likeness (QED) is 0.526. The van der Waals surface area contributed by atoms with Gasteiger partial charge in [-0.25, -0.2) is 17.6 Å². The van der Waals surface area contributed by atoms with Gasteiger partial charge in [0, 0.05) is 0 Å². The number of nitrogens with zero attached hydrogens (tertiary/aromatic N) is 2. The van der Waals surface area contributed by atoms with Gasteiger partial charge in [0.25, 0.3) is 0 Å². The SMILES string of the molecule is C=Cc1ccc(C[n+]2ccn(CC)c2)cc1.O=S(=O)([O-])O. The lowest BCUT2D eigenvalue weighted by Gasteiger charge is -1.98. The molecule has 2 rings (SSSR count). The van der Waals surface area contributed by atoms with Crippen LogP contribution in [0.5, 0.6) is 0 Å². The summed E-state index contributed by atoms with van der Waals surface area (Å²) in [7, 11) is -4.92. The molecule has 0 saturated heterocycles. The first-order valence-corrected chi connectivity index (χ1v) is 7.63. The van der Waals surface area contributed by atoms with Gasteiger partial charge in [-0.1, -0.05) is 36.9 Å². The Balaban J connectivity index is 0.000000383. The van der Waals surface area contributed by atoms with Gasteiger partial charge in [-0.3, -0.25) is 4.55 Å². The number of imidazole rings is 1. The predicted molar refractivity (Wildman–Crippen MR) is 78.3 cm³/mol. The minimum absolute atomic E-state index is 0.921. The number of aryl methyl sites for hydroxylation is 1. The second-order valence-electron chi connectivity index (χ2n) is 4.29. The Labute approximate surface area is 124 Å². The van der Waals surface area contributed by atoms with Crippen LogP contribution in [0.15, 0.2) is 49.6 Å². The van der Waals surface area contributed by atoms with Crippen LogP contribution in [0.2, 0.25) is 0 Å². The summed E-state index contributed by atoms with van der Waals surface area (Å²) in [6, 6.07) is 8.49. The Hall–Kier alpha value is -1.96. The lowest BCUT2D eigenvalue weighted by molar-refractivity contribution is -0.687. The predicted octanol–water partition coefficient (Wildman–Crippen LogP) is 1.49. The highest BCUT2D eigenvalue weighted by Crippen LogP contribution is 2.04. The van der Waals surface area contributed by atoms with Crippen LogP contribution in [0.1, 0.15) is 18.1 Å². The number of aromatic nitrogens is 2. The molecule has 0 aliphatic heterocycles. The van der Waals surface area contributed by atoms with E-state index in [-0.39, 0.29) is 0 Å². The maximum absolute atomic E-state index is 8.63. The standard InChI is InChI=1S/C14H17N2.H2O4S/c1-3-13-5-7-14(8-6-13)11-16-10-9-15(4-2)12-16;1-5(2,3)4/h3,5-10,12H,1,4,11H2,2H3;(H2,1,2,3,4)/q+1;/p-1. The van der Waals surface area contributed by atoms with Crippen LogP contribution in [0.3, 0.4) is 0 Å². The van der Waals surface area contributed by atoms with Crippen molar-refractivity contribution < 1.29 is 22.1 Å². The van der Waals surface area contributed by atoms with Crippen molar-refractivity contribution in [3.05, 3.63) is 60.7 Å². The van der Waals surface area contributed by atoms with Crippen molar-refractivity contribution in [2.24, 2.45) is 0 Å². The van der Waals surface area contributed by atoms with E-state index >= 15 is 0 Å². The third-order valence-corrected chi connectivity index (χ3v) is 2.69. The molecule has 6 nitrogen and oxygen atoms in total. The highest BCUT2D eigenvalue weighted by Gasteiger charge is 2.02. The van der Waals surface area contributed by atoms with E-state index in [0.717, 1.165) is 13.1 Å². The first-order chi connectivity index (χ1) is 9.81. The van der Waals surface area contributed by atoms with Crippen LogP contribution in [-0.4, -0.2) is 22.1 Å². The summed E-state index contributed by atoms with van der Waals surface area (Å²) in [5, 5.41) is 0. The maximum Gasteiger partial charge on any atom is 0.244 e. The molecule has 0 aliphatic rings. The van der Waals surface area contributed by atoms with Crippen LogP contribution in [-0.2, 0) is 23.5 Å². The highest BCUT2D eigenvalue weighted by molar-refractivity contribution is 7.79. The zero-order chi connectivity index (χ0) is 15.9. The van der Waals surface area contributed by atoms with Crippen LogP contribution < -0.4 is 4.57 Å². The monoisotopic (exact) mass is 310 g/mol. The Kier molecular flexibility index (Phi) is 6.29. The van der Waals surface area contributed by atoms with Crippen molar-refractivity contribution in [3.8, 4) is 0 Å². The van der Waals surface area contributed by atoms with E-state index in [0.29, 0.717) is 0 Å². The van der Waals surface area contributed by atoms with Crippen molar-refractivity contribution in [2.75, 3.05) is 0 Å². The van der Waals surface area contributed by atoms with Crippen molar-refractivity contribution >= 4 is 16.5 Å². The second kappa shape index (κ2) is 7.72. The molecule has 7 heteroatoms. The fraction of sp³-hybridized carbons (Fsp3) is 0.214. The third-order valence-electron chi connectivity index (χ3n) is 2.69. The minimum Gasteiger partial charge on any atom is -0.726 e. The molecule has 0 spiro atoms. The van der Waals surface area contributed by atoms with Crippen molar-refractivity contribution in [3.63, 3.8) is 0 Å². The Bertz CT molecular complexity index is 667. The largest absolute Gasteiger partial charge is 0.726 e. The molecular formula is C14H18N2O4S. The van der Waals surface area contributed by atoms with Crippen molar-refractivity contribution in [1.82, 2.24) is 4.57 Å². The molecule has 0 atom stereocenters. The number of hydrogen-bond donors (Lipinski definition) is 1. The molecule has 1 N–H and O–H groups in total. The van der Waals surface area contributed by atoms with Gasteiger partial charge >= 0.3 is 0 Å². The van der Waals surface area contributed by atoms with E-state index in [1.807, 2.05) is 6.08 Å². The average Bonchev–Trinajstić information content (AvgIpc) is 2.85. The molecule has 0 fully saturated rings. The molecule has 0 unspecified atom stereocenters. The van der Waals surface area contributed by atoms with Gasteiger partial charge in [-0.2, -0.15) is 0 Å². The summed E-state index contributed by atoms with van der Waals surface area (Å²) >= 11 is 0. The van der Waals surface area contributed by atoms with Crippen LogP contribution in [0.4, 0.5) is 0 Å². The van der Waals surface area contributed by atoms with Gasteiger partial charge in [-0.15, -0.1) is 0 Å². The van der Waals surface area contributed by atoms with Gasteiger partial charge in [0.05, 0.1) is 6.54 Å². The van der Waals surface area contributed by atoms with Gasteiger partial charge in [0.15, 0.2) is 0 Å². The van der Waals surface area contributed by atoms with Crippen molar-refractivity contribution in [1.29, 1.82) is 0 Å². The third kappa shape index (κ3) is 7.40. The molecule has 2 aromatic rings. The first kappa shape index (κ1) is 17.1. The normalized spacial score (nSPS) is 10.6. The van der Waals surface area contributed by atoms with E-state index in [1.54, 1.807) is 0 Å². The van der Waals surface area contributed by atoms with Gasteiger partial charge in [-0.05, 0) is 18.1 Å². The van der Waals surface area contributed by atoms with E-state index in [1.165, 1.54) is 11.1 Å². The zero-order valence-corrected chi connectivity index (χ0v) is 12.5. The van der Waals surface area contributed by atoms with Gasteiger partial charge < -0.3 is 4.55 Å². The highest BCUT2D eigenvalue weighted by atomic mass is 32.3. The zero-order valence-electron chi connectivity index (χ0n) is 11.7. The number of hydrogen-bond acceptors (Lipinski definition) is 3. The lowest BCUT2D eigenvalue weighted by Crippen LogP contribution is -2.31. The molecule has 114 valence electrons. The Morgan fingerprint density at radius 3 is 2.38 bits per heavy atom. The molecule has 1 aromatic carbocycles. The van der Waals surface area contributed by atoms with Crippen molar-refractivity contribution in [2.45, 2.75) is 20.0 Å². The minimum atomic E-state index is -4.92. The summed E-state index contributed by atoms with van der Waals surface area (Å²) in [4.78, 5) is 0. The maximum atomic E-state index is 8.63. The fourth-order valence-corrected chi connectivity index (χ4v) is 1.69. The Morgan fingerprint density at radius 2 is 1.95 bits per heavy atom. The molecule has 1 heterocycles. The first-order valence-electron chi connectivity index (χ1n) is 6.26. The average molecular weight is 310 g/mol. The number of rotatable bonds is 4. The molecule has 0 saturated carbocycles. The van der Waals surface area contributed by atoms with E-state index in [9.17, 15) is 0 Å². The molecule has 0 amide bonds. The molecule has 0 bridgehead atoms. The topological polar surface area (TPSA) is 86.2 Å². The van der Waals surface area contributed by atoms with Crippen LogP contribution >= 0.6 is 0 Å². The molecule has 0 aliphatic carbocycles. The van der Waals surface area contributed by atoms with Gasteiger partial charge in [0.2, 0.25) is 16.7 Å². The summed E-state index contributed by atoms with van der Waals surface area (Å²) in [5.41, 5.74) is 2.48. The second-order valence-corrected chi connectivity index (χ2v) is 5.15. The Morgan fingerprint density at radius 1 is 1.38 bits per heavy atom. The van der Waals surface area contributed by atoms with E-state index < -0.39 is 10.4 Å². The molecular weight excluding hydrogens is 292 g/mol. The van der Waals surface area contributed by atoms with Crippen LogP contribution in [0.25, 0.3) is 6.08 Å². The fourth-order valence-electron chi connectivity index (χ4n) is 1.69. The molecule has 0 radical (unpaired) electrons. The smallest absolute Gasteiger partial charge is 0.244 e. The van der Waals surface area contributed by atoms with Crippen LogP contribution in [0, 0.1) is 0 Å². The van der Waals surface area contributed by atoms with E-state index in [4.69, 9.17) is 17.5 Å².